The van der Waals surface area contributed by atoms with Gasteiger partial charge in [-0.15, -0.1) is 4.91 Å². The number of imidazole rings is 1. The summed E-state index contributed by atoms with van der Waals surface area (Å²) >= 11 is 6.31. The molecule has 1 aliphatic rings. The van der Waals surface area contributed by atoms with Crippen LogP contribution in [0.3, 0.4) is 0 Å². The Bertz CT molecular complexity index is 1080. The molecular weight excluding hydrogens is 394 g/mol. The zero-order valence-electron chi connectivity index (χ0n) is 15.8. The van der Waals surface area contributed by atoms with Crippen LogP contribution in [0.1, 0.15) is 28.7 Å². The number of rotatable bonds is 3. The predicted molar refractivity (Wildman–Crippen MR) is 109 cm³/mol. The lowest BCUT2D eigenvalue weighted by molar-refractivity contribution is 0.186. The number of carbonyl (C=O) groups excluding carboxylic acids is 1. The molecule has 3 aromatic rings. The number of aryl methyl sites for hydroxylation is 1. The fraction of sp³-hybridized carbons (Fsp3) is 0.200. The molecule has 9 heteroatoms. The van der Waals surface area contributed by atoms with Crippen molar-refractivity contribution in [1.82, 2.24) is 14.6 Å². The van der Waals surface area contributed by atoms with E-state index in [9.17, 15) is 9.70 Å². The Balaban J connectivity index is 1.97. The molecule has 29 heavy (non-hydrogen) atoms. The van der Waals surface area contributed by atoms with E-state index in [1.807, 2.05) is 54.0 Å². The molecule has 1 aromatic heterocycles. The van der Waals surface area contributed by atoms with E-state index in [4.69, 9.17) is 16.3 Å². The lowest BCUT2D eigenvalue weighted by Crippen LogP contribution is -2.23. The summed E-state index contributed by atoms with van der Waals surface area (Å²) in [6.07, 6.45) is -0.642. The summed E-state index contributed by atoms with van der Waals surface area (Å²) in [5.74, 6) is 0.965. The number of methoxy groups -OCH3 is 1. The molecule has 0 fully saturated rings. The van der Waals surface area contributed by atoms with Gasteiger partial charge in [0.25, 0.3) is 0 Å². The van der Waals surface area contributed by atoms with Crippen LogP contribution in [0.25, 0.3) is 5.69 Å². The third-order valence-corrected chi connectivity index (χ3v) is 5.14. The van der Waals surface area contributed by atoms with Crippen molar-refractivity contribution in [2.75, 3.05) is 12.4 Å². The number of carbonyl (C=O) groups is 1. The number of halogens is 1. The molecule has 8 nitrogen and oxygen atoms in total. The molecule has 1 amide bonds. The number of hydrogen-bond donors (Lipinski definition) is 1. The van der Waals surface area contributed by atoms with Crippen LogP contribution in [-0.2, 0) is 11.3 Å². The van der Waals surface area contributed by atoms with E-state index in [1.54, 1.807) is 6.07 Å². The molecule has 148 valence electrons. The van der Waals surface area contributed by atoms with Gasteiger partial charge in [-0.1, -0.05) is 41.9 Å². The van der Waals surface area contributed by atoms with Crippen LogP contribution in [0.2, 0.25) is 5.02 Å². The van der Waals surface area contributed by atoms with Crippen LogP contribution in [0.5, 0.6) is 0 Å². The maximum atomic E-state index is 11.9. The van der Waals surface area contributed by atoms with Crippen LogP contribution in [-0.4, -0.2) is 27.8 Å². The molecule has 2 aromatic carbocycles. The number of anilines is 1. The van der Waals surface area contributed by atoms with E-state index in [2.05, 4.69) is 15.6 Å². The third-order valence-electron chi connectivity index (χ3n) is 4.90. The van der Waals surface area contributed by atoms with Gasteiger partial charge in [-0.3, -0.25) is 9.88 Å². The number of amides is 1. The normalized spacial score (nSPS) is 15.1. The first-order chi connectivity index (χ1) is 14.0. The molecule has 0 spiro atoms. The molecule has 0 saturated heterocycles. The highest BCUT2D eigenvalue weighted by Crippen LogP contribution is 2.40. The van der Waals surface area contributed by atoms with Crippen molar-refractivity contribution in [3.8, 4) is 5.69 Å². The van der Waals surface area contributed by atoms with Crippen molar-refractivity contribution < 1.29 is 9.53 Å². The van der Waals surface area contributed by atoms with Gasteiger partial charge in [-0.25, -0.2) is 14.8 Å². The minimum atomic E-state index is -0.642. The van der Waals surface area contributed by atoms with E-state index in [1.165, 1.54) is 12.1 Å². The van der Waals surface area contributed by atoms with E-state index < -0.39 is 12.1 Å². The van der Waals surface area contributed by atoms with Crippen LogP contribution < -0.4 is 5.32 Å². The Kier molecular flexibility index (Phi) is 4.94. The average Bonchev–Trinajstić information content (AvgIpc) is 2.94. The first-order valence-electron chi connectivity index (χ1n) is 8.91. The summed E-state index contributed by atoms with van der Waals surface area (Å²) in [5, 5.41) is 7.89. The first-order valence-corrected chi connectivity index (χ1v) is 9.29. The lowest BCUT2D eigenvalue weighted by atomic mass is 9.97. The van der Waals surface area contributed by atoms with E-state index >= 15 is 0 Å². The van der Waals surface area contributed by atoms with Gasteiger partial charge in [0.1, 0.15) is 11.9 Å². The lowest BCUT2D eigenvalue weighted by Gasteiger charge is -2.26. The Hall–Kier alpha value is -3.39. The van der Waals surface area contributed by atoms with Crippen LogP contribution in [0.4, 0.5) is 10.6 Å². The fourth-order valence-electron chi connectivity index (χ4n) is 3.71. The largest absolute Gasteiger partial charge is 0.453 e. The van der Waals surface area contributed by atoms with Gasteiger partial charge in [0.15, 0.2) is 5.82 Å². The molecule has 0 radical (unpaired) electrons. The zero-order chi connectivity index (χ0) is 20.5. The van der Waals surface area contributed by atoms with Crippen LogP contribution in [0, 0.1) is 11.8 Å². The highest BCUT2D eigenvalue weighted by Gasteiger charge is 2.33. The molecule has 1 aliphatic heterocycles. The molecular formula is C20H18ClN5O3. The fourth-order valence-corrected chi connectivity index (χ4v) is 3.89. The van der Waals surface area contributed by atoms with Gasteiger partial charge in [0.05, 0.1) is 30.3 Å². The summed E-state index contributed by atoms with van der Waals surface area (Å²) in [7, 11) is 1.28. The zero-order valence-corrected chi connectivity index (χ0v) is 16.6. The quantitative estimate of drug-likeness (QED) is 0.636. The maximum absolute atomic E-state index is 11.9. The Labute approximate surface area is 172 Å². The second-order valence-corrected chi connectivity index (χ2v) is 7.04. The van der Waals surface area contributed by atoms with Crippen molar-refractivity contribution >= 4 is 23.5 Å². The second-order valence-electron chi connectivity index (χ2n) is 6.60. The SMILES string of the molecule is COC(=O)Nc1nc(C)n2c1CN(N=O)C(c1ccccc1)c1cc(Cl)ccc1-2. The van der Waals surface area contributed by atoms with Gasteiger partial charge < -0.3 is 4.74 Å². The second kappa shape index (κ2) is 7.56. The molecule has 0 saturated carbocycles. The topological polar surface area (TPSA) is 88.8 Å². The van der Waals surface area contributed by atoms with Gasteiger partial charge in [0, 0.05) is 10.6 Å². The molecule has 1 N–H and O–H groups in total. The minimum absolute atomic E-state index is 0.134. The monoisotopic (exact) mass is 411 g/mol. The number of nitrogens with zero attached hydrogens (tertiary/aromatic N) is 4. The van der Waals surface area contributed by atoms with E-state index in [-0.39, 0.29) is 6.54 Å². The van der Waals surface area contributed by atoms with Crippen molar-refractivity contribution in [2.45, 2.75) is 19.5 Å². The smallest absolute Gasteiger partial charge is 0.412 e. The number of aromatic nitrogens is 2. The minimum Gasteiger partial charge on any atom is -0.453 e. The maximum Gasteiger partial charge on any atom is 0.412 e. The standard InChI is InChI=1S/C20H18ClN5O3/c1-12-22-19(23-20(27)29-2)17-11-25(24-28)18(13-6-4-3-5-7-13)15-10-14(21)8-9-16(15)26(12)17/h3-10,18H,11H2,1-2H3,(H,23,27). The first kappa shape index (κ1) is 18.9. The molecule has 2 heterocycles. The molecule has 0 bridgehead atoms. The van der Waals surface area contributed by atoms with Crippen molar-refractivity contribution in [2.24, 2.45) is 5.29 Å². The van der Waals surface area contributed by atoms with Crippen molar-refractivity contribution in [3.05, 3.63) is 81.1 Å². The van der Waals surface area contributed by atoms with Crippen LogP contribution in [0.15, 0.2) is 53.8 Å². The average molecular weight is 412 g/mol. The summed E-state index contributed by atoms with van der Waals surface area (Å²) < 4.78 is 6.60. The third kappa shape index (κ3) is 3.31. The molecule has 4 rings (SSSR count). The van der Waals surface area contributed by atoms with E-state index in [0.717, 1.165) is 16.8 Å². The molecule has 1 atom stereocenters. The van der Waals surface area contributed by atoms with Gasteiger partial charge in [-0.2, -0.15) is 0 Å². The number of benzene rings is 2. The summed E-state index contributed by atoms with van der Waals surface area (Å²) in [6, 6.07) is 14.6. The van der Waals surface area contributed by atoms with Gasteiger partial charge >= 0.3 is 6.09 Å². The summed E-state index contributed by atoms with van der Waals surface area (Å²) in [4.78, 5) is 28.1. The molecule has 1 unspecified atom stereocenters. The van der Waals surface area contributed by atoms with Crippen molar-refractivity contribution in [3.63, 3.8) is 0 Å². The highest BCUT2D eigenvalue weighted by atomic mass is 35.5. The number of nitrogens with one attached hydrogen (secondary N) is 1. The predicted octanol–water partition coefficient (Wildman–Crippen LogP) is 4.60. The number of fused-ring (bicyclic) bond motifs is 3. The number of hydrogen-bond acceptors (Lipinski definition) is 5. The van der Waals surface area contributed by atoms with Gasteiger partial charge in [-0.05, 0) is 30.7 Å². The van der Waals surface area contributed by atoms with Gasteiger partial charge in [0.2, 0.25) is 0 Å². The summed E-state index contributed by atoms with van der Waals surface area (Å²) in [6.45, 7) is 1.96. The Morgan fingerprint density at radius 3 is 2.72 bits per heavy atom. The Morgan fingerprint density at radius 2 is 2.03 bits per heavy atom. The van der Waals surface area contributed by atoms with Crippen molar-refractivity contribution in [1.29, 1.82) is 0 Å². The number of nitroso groups, excluding NO2 is 1. The van der Waals surface area contributed by atoms with Crippen LogP contribution >= 0.6 is 11.6 Å². The summed E-state index contributed by atoms with van der Waals surface area (Å²) in [5.41, 5.74) is 3.14. The highest BCUT2D eigenvalue weighted by molar-refractivity contribution is 6.30. The number of ether oxygens (including phenoxy) is 1. The van der Waals surface area contributed by atoms with E-state index in [0.29, 0.717) is 22.4 Å². The molecule has 0 aliphatic carbocycles. The Morgan fingerprint density at radius 1 is 1.28 bits per heavy atom.